The molecule has 0 amide bonds. The Morgan fingerprint density at radius 2 is 2.03 bits per heavy atom. The molecule has 0 radical (unpaired) electrons. The van der Waals surface area contributed by atoms with Crippen molar-refractivity contribution in [2.45, 2.75) is 5.92 Å². The molecule has 0 unspecified atom stereocenters. The lowest BCUT2D eigenvalue weighted by Crippen LogP contribution is -2.22. The number of benzene rings is 2. The highest BCUT2D eigenvalue weighted by atomic mass is 16.6. The van der Waals surface area contributed by atoms with Gasteiger partial charge >= 0.3 is 5.63 Å². The zero-order valence-corrected chi connectivity index (χ0v) is 16.0. The summed E-state index contributed by atoms with van der Waals surface area (Å²) in [6, 6.07) is 11.2. The number of nitrogens with zero attached hydrogens (tertiary/aromatic N) is 1. The van der Waals surface area contributed by atoms with Crippen LogP contribution in [0.4, 0.5) is 11.5 Å². The minimum absolute atomic E-state index is 0.401. The Labute approximate surface area is 170 Å². The predicted molar refractivity (Wildman–Crippen MR) is 109 cm³/mol. The van der Waals surface area contributed by atoms with E-state index in [4.69, 9.17) is 18.6 Å². The normalized spacial score (nSPS) is 16.5. The highest BCUT2D eigenvalue weighted by Crippen LogP contribution is 2.49. The Balaban J connectivity index is 1.65. The average molecular weight is 403 g/mol. The van der Waals surface area contributed by atoms with Crippen LogP contribution in [0.5, 0.6) is 17.2 Å². The van der Waals surface area contributed by atoms with Gasteiger partial charge in [-0.05, 0) is 29.8 Å². The minimum atomic E-state index is -0.416. The second-order valence-corrected chi connectivity index (χ2v) is 7.18. The van der Waals surface area contributed by atoms with Gasteiger partial charge in [0.15, 0.2) is 11.5 Å². The first kappa shape index (κ1) is 17.0. The van der Waals surface area contributed by atoms with Gasteiger partial charge in [0.25, 0.3) is 0 Å². The van der Waals surface area contributed by atoms with Crippen molar-refractivity contribution in [3.8, 4) is 17.2 Å². The van der Waals surface area contributed by atoms with Crippen molar-refractivity contribution in [3.05, 3.63) is 69.7 Å². The van der Waals surface area contributed by atoms with Crippen LogP contribution in [0, 0.1) is 0 Å². The maximum atomic E-state index is 13.1. The average Bonchev–Trinajstić information content (AvgIpc) is 3.25. The number of anilines is 2. The Morgan fingerprint density at radius 1 is 1.17 bits per heavy atom. The second-order valence-electron chi connectivity index (χ2n) is 7.18. The van der Waals surface area contributed by atoms with Crippen LogP contribution >= 0.6 is 0 Å². The first-order valence-electron chi connectivity index (χ1n) is 9.58. The zero-order chi connectivity index (χ0) is 20.2. The summed E-state index contributed by atoms with van der Waals surface area (Å²) in [4.78, 5) is 13.1. The van der Waals surface area contributed by atoms with Crippen LogP contribution in [0.15, 0.2) is 51.8 Å². The minimum Gasteiger partial charge on any atom is -0.493 e. The number of methoxy groups -OCH3 is 1. The maximum absolute atomic E-state index is 13.1. The molecular weight excluding hydrogens is 386 g/mol. The lowest BCUT2D eigenvalue weighted by Gasteiger charge is -2.28. The van der Waals surface area contributed by atoms with Gasteiger partial charge in [-0.25, -0.2) is 4.79 Å². The van der Waals surface area contributed by atoms with Crippen molar-refractivity contribution in [1.82, 2.24) is 10.2 Å². The predicted octanol–water partition coefficient (Wildman–Crippen LogP) is 3.53. The monoisotopic (exact) mass is 403 g/mol. The second kappa shape index (κ2) is 6.28. The summed E-state index contributed by atoms with van der Waals surface area (Å²) in [5.41, 5.74) is 3.00. The van der Waals surface area contributed by atoms with Crippen LogP contribution in [0.3, 0.4) is 0 Å². The number of rotatable bonds is 2. The van der Waals surface area contributed by atoms with E-state index in [9.17, 15) is 4.79 Å². The van der Waals surface area contributed by atoms with E-state index in [-0.39, 0.29) is 0 Å². The van der Waals surface area contributed by atoms with E-state index in [0.29, 0.717) is 47.3 Å². The molecule has 150 valence electrons. The van der Waals surface area contributed by atoms with Crippen LogP contribution in [-0.4, -0.2) is 30.5 Å². The molecule has 2 aromatic heterocycles. The number of para-hydroxylation sites is 1. The molecule has 2 N–H and O–H groups in total. The third-order valence-corrected chi connectivity index (χ3v) is 5.55. The van der Waals surface area contributed by atoms with Gasteiger partial charge in [-0.2, -0.15) is 5.10 Å². The molecule has 0 bridgehead atoms. The molecule has 2 aliphatic heterocycles. The lowest BCUT2D eigenvalue weighted by molar-refractivity contribution is 0.165. The van der Waals surface area contributed by atoms with Crippen molar-refractivity contribution in [2.24, 2.45) is 0 Å². The van der Waals surface area contributed by atoms with E-state index in [1.807, 2.05) is 30.3 Å². The molecule has 6 rings (SSSR count). The molecule has 2 aliphatic rings. The van der Waals surface area contributed by atoms with Crippen molar-refractivity contribution in [2.75, 3.05) is 25.6 Å². The van der Waals surface area contributed by atoms with Gasteiger partial charge in [0.2, 0.25) is 5.75 Å². The standard InChI is InChI=1S/C22H17N3O5/c1-27-15-8-11(9-16-20(15)29-7-6-28-16)17-13-10-23-25-21(13)24-19-12-4-2-3-5-14(12)30-22(26)18(17)19/h2-5,8-10,17H,6-7H2,1H3,(H2,23,24,25)/t17-/m0/s1. The Hall–Kier alpha value is -3.94. The lowest BCUT2D eigenvalue weighted by atomic mass is 9.83. The molecule has 2 aromatic carbocycles. The molecule has 4 heterocycles. The quantitative estimate of drug-likeness (QED) is 0.435. The van der Waals surface area contributed by atoms with E-state index in [1.165, 1.54) is 0 Å². The van der Waals surface area contributed by atoms with Gasteiger partial charge in [-0.3, -0.25) is 5.10 Å². The third kappa shape index (κ3) is 2.33. The van der Waals surface area contributed by atoms with E-state index in [1.54, 1.807) is 19.4 Å². The fourth-order valence-corrected chi connectivity index (χ4v) is 4.26. The highest BCUT2D eigenvalue weighted by molar-refractivity contribution is 5.95. The van der Waals surface area contributed by atoms with Gasteiger partial charge in [-0.15, -0.1) is 0 Å². The summed E-state index contributed by atoms with van der Waals surface area (Å²) in [6.45, 7) is 0.909. The van der Waals surface area contributed by atoms with Crippen LogP contribution in [0.1, 0.15) is 22.6 Å². The number of aromatic amines is 1. The van der Waals surface area contributed by atoms with Crippen molar-refractivity contribution in [3.63, 3.8) is 0 Å². The molecule has 4 aromatic rings. The summed E-state index contributed by atoms with van der Waals surface area (Å²) in [6.07, 6.45) is 1.72. The summed E-state index contributed by atoms with van der Waals surface area (Å²) in [7, 11) is 1.58. The highest BCUT2D eigenvalue weighted by Gasteiger charge is 2.35. The van der Waals surface area contributed by atoms with Gasteiger partial charge in [0.05, 0.1) is 24.6 Å². The smallest absolute Gasteiger partial charge is 0.342 e. The Bertz CT molecular complexity index is 1340. The van der Waals surface area contributed by atoms with E-state index >= 15 is 0 Å². The fraction of sp³-hybridized carbons (Fsp3) is 0.182. The SMILES string of the molecule is COc1cc([C@H]2c3cn[nH]c3Nc3c2c(=O)oc2ccccc32)cc2c1OCCO2. The Kier molecular flexibility index (Phi) is 3.55. The van der Waals surface area contributed by atoms with Crippen molar-refractivity contribution < 1.29 is 18.6 Å². The number of fused-ring (bicyclic) bond motifs is 5. The van der Waals surface area contributed by atoms with E-state index < -0.39 is 11.5 Å². The van der Waals surface area contributed by atoms with Crippen LogP contribution in [0.2, 0.25) is 0 Å². The summed E-state index contributed by atoms with van der Waals surface area (Å²) >= 11 is 0. The Morgan fingerprint density at radius 3 is 2.93 bits per heavy atom. The van der Waals surface area contributed by atoms with Crippen LogP contribution in [-0.2, 0) is 0 Å². The van der Waals surface area contributed by atoms with Gasteiger partial charge in [-0.1, -0.05) is 12.1 Å². The molecular formula is C22H17N3O5. The molecule has 0 aliphatic carbocycles. The number of ether oxygens (including phenoxy) is 3. The maximum Gasteiger partial charge on any atom is 0.342 e. The van der Waals surface area contributed by atoms with Crippen LogP contribution < -0.4 is 25.2 Å². The third-order valence-electron chi connectivity index (χ3n) is 5.55. The van der Waals surface area contributed by atoms with E-state index in [2.05, 4.69) is 15.5 Å². The fourth-order valence-electron chi connectivity index (χ4n) is 4.26. The molecule has 0 saturated heterocycles. The number of hydrogen-bond donors (Lipinski definition) is 2. The number of hydrogen-bond acceptors (Lipinski definition) is 7. The largest absolute Gasteiger partial charge is 0.493 e. The summed E-state index contributed by atoms with van der Waals surface area (Å²) in [5.74, 6) is 2.03. The van der Waals surface area contributed by atoms with Gasteiger partial charge in [0.1, 0.15) is 24.6 Å². The number of nitrogens with one attached hydrogen (secondary N) is 2. The molecule has 0 spiro atoms. The number of H-pyrrole nitrogens is 1. The van der Waals surface area contributed by atoms with E-state index in [0.717, 1.165) is 22.3 Å². The van der Waals surface area contributed by atoms with Gasteiger partial charge < -0.3 is 23.9 Å². The van der Waals surface area contributed by atoms with Crippen LogP contribution in [0.25, 0.3) is 11.0 Å². The van der Waals surface area contributed by atoms with Crippen molar-refractivity contribution in [1.29, 1.82) is 0 Å². The summed E-state index contributed by atoms with van der Waals surface area (Å²) in [5, 5.41) is 11.3. The molecule has 0 saturated carbocycles. The molecule has 0 fully saturated rings. The zero-order valence-electron chi connectivity index (χ0n) is 16.0. The topological polar surface area (TPSA) is 98.6 Å². The molecule has 8 heteroatoms. The first-order valence-corrected chi connectivity index (χ1v) is 9.58. The van der Waals surface area contributed by atoms with Gasteiger partial charge in [0, 0.05) is 16.9 Å². The number of aromatic nitrogens is 2. The summed E-state index contributed by atoms with van der Waals surface area (Å²) < 4.78 is 22.8. The first-order chi connectivity index (χ1) is 14.7. The molecule has 1 atom stereocenters. The van der Waals surface area contributed by atoms with Crippen molar-refractivity contribution >= 4 is 22.5 Å². The molecule has 30 heavy (non-hydrogen) atoms. The molecule has 8 nitrogen and oxygen atoms in total.